The highest BCUT2D eigenvalue weighted by atomic mass is 35.5. The minimum Gasteiger partial charge on any atom is -0.350 e. The number of nitrogens with zero attached hydrogens (tertiary/aromatic N) is 6. The fraction of sp³-hybridized carbons (Fsp3) is 0.276. The first-order valence-electron chi connectivity index (χ1n) is 13.4. The van der Waals surface area contributed by atoms with Crippen LogP contribution in [0.1, 0.15) is 18.2 Å². The van der Waals surface area contributed by atoms with Crippen LogP contribution in [-0.2, 0) is 20.8 Å². The number of hydrogen-bond acceptors (Lipinski definition) is 8. The predicted molar refractivity (Wildman–Crippen MR) is 160 cm³/mol. The Morgan fingerprint density at radius 3 is 2.51 bits per heavy atom. The van der Waals surface area contributed by atoms with Gasteiger partial charge in [-0.3, -0.25) is 9.78 Å². The van der Waals surface area contributed by atoms with Gasteiger partial charge in [-0.05, 0) is 44.2 Å². The number of alkyl halides is 3. The summed E-state index contributed by atoms with van der Waals surface area (Å²) in [5.41, 5.74) is -4.46. The molecule has 4 aromatic rings. The van der Waals surface area contributed by atoms with Crippen LogP contribution in [0.5, 0.6) is 0 Å². The number of benzene rings is 1. The minimum atomic E-state index is -5.00. The summed E-state index contributed by atoms with van der Waals surface area (Å²) in [7, 11) is -4.00. The molecule has 0 bridgehead atoms. The van der Waals surface area contributed by atoms with Gasteiger partial charge in [-0.1, -0.05) is 24.2 Å². The number of sulfone groups is 1. The fourth-order valence-corrected chi connectivity index (χ4v) is 6.55. The summed E-state index contributed by atoms with van der Waals surface area (Å²) < 4.78 is 83.8. The second-order valence-corrected chi connectivity index (χ2v) is 12.8. The Hall–Kier alpha value is -4.37. The number of anilines is 1. The van der Waals surface area contributed by atoms with Gasteiger partial charge in [0.05, 0.1) is 37.9 Å². The molecule has 1 aliphatic heterocycles. The van der Waals surface area contributed by atoms with Crippen molar-refractivity contribution in [2.75, 3.05) is 30.8 Å². The van der Waals surface area contributed by atoms with Crippen molar-refractivity contribution in [1.82, 2.24) is 24.4 Å². The Kier molecular flexibility index (Phi) is 8.21. The normalized spacial score (nSPS) is 15.9. The van der Waals surface area contributed by atoms with Gasteiger partial charge in [0, 0.05) is 43.7 Å². The Bertz CT molecular complexity index is 2050. The van der Waals surface area contributed by atoms with Gasteiger partial charge >= 0.3 is 11.9 Å². The van der Waals surface area contributed by atoms with Crippen LogP contribution in [0.25, 0.3) is 28.0 Å². The van der Waals surface area contributed by atoms with Gasteiger partial charge in [-0.25, -0.2) is 27.2 Å². The van der Waals surface area contributed by atoms with Crippen molar-refractivity contribution in [2.24, 2.45) is 0 Å². The molecule has 0 radical (unpaired) electrons. The number of carbonyl (C=O) groups excluding carboxylic acids is 1. The average Bonchev–Trinajstić information content (AvgIpc) is 2.96. The van der Waals surface area contributed by atoms with Crippen LogP contribution in [-0.4, -0.2) is 70.7 Å². The molecular weight excluding hydrogens is 640 g/mol. The number of pyridine rings is 2. The minimum absolute atomic E-state index is 0.0393. The van der Waals surface area contributed by atoms with Gasteiger partial charge in [-0.2, -0.15) is 18.2 Å². The van der Waals surface area contributed by atoms with E-state index in [1.165, 1.54) is 25.3 Å². The summed E-state index contributed by atoms with van der Waals surface area (Å²) >= 11 is 6.53. The third-order valence-electron chi connectivity index (χ3n) is 7.44. The van der Waals surface area contributed by atoms with E-state index < -0.39 is 50.4 Å². The summed E-state index contributed by atoms with van der Waals surface area (Å²) in [6.45, 7) is 7.35. The molecule has 10 nitrogen and oxygen atoms in total. The lowest BCUT2D eigenvalue weighted by Crippen LogP contribution is -2.54. The number of aromatic nitrogens is 4. The van der Waals surface area contributed by atoms with Crippen LogP contribution in [0.15, 0.2) is 58.9 Å². The highest BCUT2D eigenvalue weighted by Gasteiger charge is 2.37. The zero-order chi connectivity index (χ0) is 33.0. The lowest BCUT2D eigenvalue weighted by atomic mass is 10.0. The van der Waals surface area contributed by atoms with E-state index in [9.17, 15) is 31.2 Å². The molecule has 3 aromatic heterocycles. The molecule has 0 aliphatic carbocycles. The Morgan fingerprint density at radius 2 is 1.89 bits per heavy atom. The van der Waals surface area contributed by atoms with Gasteiger partial charge in [0.25, 0.3) is 0 Å². The summed E-state index contributed by atoms with van der Waals surface area (Å²) in [6, 6.07) is 4.34. The number of halogens is 5. The summed E-state index contributed by atoms with van der Waals surface area (Å²) in [6.07, 6.45) is -1.69. The van der Waals surface area contributed by atoms with Crippen LogP contribution >= 0.6 is 11.6 Å². The molecule has 16 heteroatoms. The first-order chi connectivity index (χ1) is 21.0. The highest BCUT2D eigenvalue weighted by molar-refractivity contribution is 7.90. The second kappa shape index (κ2) is 11.5. The maximum atomic E-state index is 15.2. The van der Waals surface area contributed by atoms with Crippen molar-refractivity contribution < 1.29 is 30.8 Å². The molecule has 236 valence electrons. The molecule has 0 unspecified atom stereocenters. The SMILES string of the molecule is C=CC(=O)N1CCN(c2nc(=O)n(-c3c(S(C)(=O)=O)ccnc3C)c3nc(-c4c(F)cccc4C(F)(F)F)c(Cl)cc23)[C@@H](C)C1. The zero-order valence-electron chi connectivity index (χ0n) is 24.1. The van der Waals surface area contributed by atoms with Crippen molar-refractivity contribution in [2.45, 2.75) is 31.0 Å². The lowest BCUT2D eigenvalue weighted by Gasteiger charge is -2.40. The molecule has 1 amide bonds. The van der Waals surface area contributed by atoms with Crippen molar-refractivity contribution >= 4 is 44.2 Å². The first kappa shape index (κ1) is 32.0. The molecular formula is C29H25ClF4N6O4S. The summed E-state index contributed by atoms with van der Waals surface area (Å²) in [4.78, 5) is 41.8. The fourth-order valence-electron chi connectivity index (χ4n) is 5.41. The number of fused-ring (bicyclic) bond motifs is 1. The monoisotopic (exact) mass is 664 g/mol. The van der Waals surface area contributed by atoms with Crippen molar-refractivity contribution in [1.29, 1.82) is 0 Å². The first-order valence-corrected chi connectivity index (χ1v) is 15.6. The predicted octanol–water partition coefficient (Wildman–Crippen LogP) is 4.59. The van der Waals surface area contributed by atoms with Gasteiger partial charge in [-0.15, -0.1) is 0 Å². The molecule has 0 N–H and O–H groups in total. The molecule has 1 saturated heterocycles. The van der Waals surface area contributed by atoms with E-state index in [0.29, 0.717) is 6.07 Å². The molecule has 5 rings (SSSR count). The molecule has 1 atom stereocenters. The van der Waals surface area contributed by atoms with E-state index in [1.807, 2.05) is 0 Å². The van der Waals surface area contributed by atoms with Crippen LogP contribution < -0.4 is 10.6 Å². The number of aryl methyl sites for hydroxylation is 1. The van der Waals surface area contributed by atoms with E-state index in [-0.39, 0.29) is 63.7 Å². The number of piperazine rings is 1. The summed E-state index contributed by atoms with van der Waals surface area (Å²) in [5.74, 6) is -1.53. The van der Waals surface area contributed by atoms with Crippen molar-refractivity contribution in [3.8, 4) is 16.9 Å². The third kappa shape index (κ3) is 5.77. The second-order valence-electron chi connectivity index (χ2n) is 10.4. The molecule has 1 fully saturated rings. The van der Waals surface area contributed by atoms with Crippen molar-refractivity contribution in [3.05, 3.63) is 81.8 Å². The summed E-state index contributed by atoms with van der Waals surface area (Å²) in [5, 5.41) is -0.322. The Morgan fingerprint density at radius 1 is 1.18 bits per heavy atom. The maximum Gasteiger partial charge on any atom is 0.417 e. The largest absolute Gasteiger partial charge is 0.417 e. The standard InChI is InChI=1S/C29H25ClF4N6O4S/c1-5-22(41)38-11-12-39(15(2)14-38)26-17-13-19(30)24(23-18(29(32,33)34)7-6-8-20(23)31)36-27(17)40(28(42)37-26)25-16(3)35-10-9-21(25)45(4,43)44/h5-10,13,15H,1,11-12,14H2,2-4H3/t15-/m0/s1. The van der Waals surface area contributed by atoms with Gasteiger partial charge < -0.3 is 9.80 Å². The van der Waals surface area contributed by atoms with Gasteiger partial charge in [0.15, 0.2) is 15.5 Å². The molecule has 0 saturated carbocycles. The molecule has 1 aliphatic rings. The van der Waals surface area contributed by atoms with Crippen LogP contribution in [0.2, 0.25) is 5.02 Å². The molecule has 45 heavy (non-hydrogen) atoms. The molecule has 1 aromatic carbocycles. The van der Waals surface area contributed by atoms with E-state index in [2.05, 4.69) is 21.5 Å². The molecule has 0 spiro atoms. The number of hydrogen-bond donors (Lipinski definition) is 0. The van der Waals surface area contributed by atoms with Crippen LogP contribution in [0.4, 0.5) is 23.4 Å². The van der Waals surface area contributed by atoms with Gasteiger partial charge in [0.1, 0.15) is 11.6 Å². The zero-order valence-corrected chi connectivity index (χ0v) is 25.6. The van der Waals surface area contributed by atoms with E-state index in [0.717, 1.165) is 29.0 Å². The van der Waals surface area contributed by atoms with Crippen LogP contribution in [0.3, 0.4) is 0 Å². The quantitative estimate of drug-likeness (QED) is 0.225. The highest BCUT2D eigenvalue weighted by Crippen LogP contribution is 2.42. The number of rotatable bonds is 5. The van der Waals surface area contributed by atoms with E-state index in [1.54, 1.807) is 16.7 Å². The smallest absolute Gasteiger partial charge is 0.350 e. The van der Waals surface area contributed by atoms with Crippen molar-refractivity contribution in [3.63, 3.8) is 0 Å². The maximum absolute atomic E-state index is 15.2. The number of amides is 1. The average molecular weight is 665 g/mol. The van der Waals surface area contributed by atoms with Crippen LogP contribution in [0, 0.1) is 12.7 Å². The topological polar surface area (TPSA) is 118 Å². The number of carbonyl (C=O) groups is 1. The van der Waals surface area contributed by atoms with E-state index in [4.69, 9.17) is 11.6 Å². The lowest BCUT2D eigenvalue weighted by molar-refractivity contribution is -0.137. The van der Waals surface area contributed by atoms with E-state index >= 15 is 4.39 Å². The Balaban J connectivity index is 1.89. The third-order valence-corrected chi connectivity index (χ3v) is 8.85. The molecule has 4 heterocycles. The Labute approximate surface area is 259 Å². The van der Waals surface area contributed by atoms with Gasteiger partial charge in [0.2, 0.25) is 5.91 Å².